The molecule has 0 aromatic carbocycles. The number of carbonyl (C=O) groups is 1. The molecule has 2 aromatic rings. The van der Waals surface area contributed by atoms with E-state index in [1.807, 2.05) is 0 Å². The van der Waals surface area contributed by atoms with Gasteiger partial charge in [-0.15, -0.1) is 5.10 Å². The van der Waals surface area contributed by atoms with Gasteiger partial charge in [-0.25, -0.2) is 9.67 Å². The monoisotopic (exact) mass is 267 g/mol. The summed E-state index contributed by atoms with van der Waals surface area (Å²) < 4.78 is 6.86. The molecule has 94 valence electrons. The summed E-state index contributed by atoms with van der Waals surface area (Å²) in [6.45, 7) is 0.681. The van der Waals surface area contributed by atoms with Gasteiger partial charge >= 0.3 is 5.97 Å². The summed E-state index contributed by atoms with van der Waals surface area (Å²) in [7, 11) is 0. The van der Waals surface area contributed by atoms with Crippen molar-refractivity contribution in [2.45, 2.75) is 25.3 Å². The minimum atomic E-state index is -0.868. The van der Waals surface area contributed by atoms with Crippen molar-refractivity contribution in [3.63, 3.8) is 0 Å². The van der Waals surface area contributed by atoms with Crippen LogP contribution in [0.15, 0.2) is 16.5 Å². The molecule has 0 saturated heterocycles. The van der Waals surface area contributed by atoms with E-state index in [0.717, 1.165) is 6.42 Å². The summed E-state index contributed by atoms with van der Waals surface area (Å²) in [5.41, 5.74) is 0. The molecule has 0 aliphatic carbocycles. The molecule has 1 unspecified atom stereocenters. The Kier molecular flexibility index (Phi) is 2.59. The zero-order valence-corrected chi connectivity index (χ0v) is 10.1. The van der Waals surface area contributed by atoms with Crippen LogP contribution in [0.2, 0.25) is 5.22 Å². The third kappa shape index (κ3) is 1.78. The SMILES string of the molecule is O=C(O)C1CCCn2nc(-c3ccc(Cl)o3)nc21. The standard InChI is InChI=1S/C11H10ClN3O3/c12-8-4-3-7(18-8)9-13-10-6(11(16)17)2-1-5-15(10)14-9/h3-4,6H,1-2,5H2,(H,16,17). The first kappa shape index (κ1) is 11.3. The Morgan fingerprint density at radius 1 is 1.56 bits per heavy atom. The van der Waals surface area contributed by atoms with E-state index in [1.165, 1.54) is 0 Å². The van der Waals surface area contributed by atoms with Gasteiger partial charge in [0.1, 0.15) is 11.7 Å². The number of halogens is 1. The van der Waals surface area contributed by atoms with Crippen LogP contribution in [0.5, 0.6) is 0 Å². The molecule has 6 nitrogen and oxygen atoms in total. The average molecular weight is 268 g/mol. The first-order chi connectivity index (χ1) is 8.65. The summed E-state index contributed by atoms with van der Waals surface area (Å²) in [5.74, 6) is -0.148. The molecule has 1 aliphatic heterocycles. The summed E-state index contributed by atoms with van der Waals surface area (Å²) >= 11 is 5.69. The average Bonchev–Trinajstić information content (AvgIpc) is 2.93. The quantitative estimate of drug-likeness (QED) is 0.902. The van der Waals surface area contributed by atoms with E-state index in [1.54, 1.807) is 16.8 Å². The Balaban J connectivity index is 2.03. The Bertz CT molecular complexity index is 604. The molecular weight excluding hydrogens is 258 g/mol. The van der Waals surface area contributed by atoms with E-state index < -0.39 is 11.9 Å². The van der Waals surface area contributed by atoms with Crippen molar-refractivity contribution in [2.75, 3.05) is 0 Å². The lowest BCUT2D eigenvalue weighted by Crippen LogP contribution is -2.22. The predicted octanol–water partition coefficient (Wildman–Crippen LogP) is 2.15. The number of aryl methyl sites for hydroxylation is 1. The molecule has 0 bridgehead atoms. The van der Waals surface area contributed by atoms with E-state index >= 15 is 0 Å². The third-order valence-corrected chi connectivity index (χ3v) is 3.17. The number of carboxylic acids is 1. The molecule has 0 fully saturated rings. The van der Waals surface area contributed by atoms with E-state index in [2.05, 4.69) is 10.1 Å². The molecule has 2 aromatic heterocycles. The lowest BCUT2D eigenvalue weighted by atomic mass is 10.00. The van der Waals surface area contributed by atoms with Gasteiger partial charge in [-0.05, 0) is 36.6 Å². The van der Waals surface area contributed by atoms with Gasteiger partial charge < -0.3 is 9.52 Å². The number of nitrogens with zero attached hydrogens (tertiary/aromatic N) is 3. The first-order valence-electron chi connectivity index (χ1n) is 5.58. The van der Waals surface area contributed by atoms with E-state index in [0.29, 0.717) is 30.4 Å². The van der Waals surface area contributed by atoms with Crippen LogP contribution in [-0.4, -0.2) is 25.8 Å². The van der Waals surface area contributed by atoms with Gasteiger partial charge in [-0.2, -0.15) is 0 Å². The maximum atomic E-state index is 11.1. The lowest BCUT2D eigenvalue weighted by molar-refractivity contribution is -0.139. The van der Waals surface area contributed by atoms with Gasteiger partial charge in [0.15, 0.2) is 11.0 Å². The third-order valence-electron chi connectivity index (χ3n) is 2.97. The minimum absolute atomic E-state index is 0.257. The fraction of sp³-hybridized carbons (Fsp3) is 0.364. The number of aliphatic carboxylic acids is 1. The highest BCUT2D eigenvalue weighted by atomic mass is 35.5. The van der Waals surface area contributed by atoms with Crippen molar-refractivity contribution in [3.8, 4) is 11.6 Å². The van der Waals surface area contributed by atoms with Crippen LogP contribution in [0.1, 0.15) is 24.6 Å². The van der Waals surface area contributed by atoms with Crippen LogP contribution in [0.4, 0.5) is 0 Å². The lowest BCUT2D eigenvalue weighted by Gasteiger charge is -2.17. The molecule has 0 radical (unpaired) electrons. The normalized spacial score (nSPS) is 18.6. The van der Waals surface area contributed by atoms with E-state index in [9.17, 15) is 4.79 Å². The highest BCUT2D eigenvalue weighted by Crippen LogP contribution is 2.29. The van der Waals surface area contributed by atoms with Gasteiger partial charge in [-0.3, -0.25) is 4.79 Å². The smallest absolute Gasteiger partial charge is 0.314 e. The maximum absolute atomic E-state index is 11.1. The Labute approximate surface area is 107 Å². The van der Waals surface area contributed by atoms with Crippen LogP contribution in [-0.2, 0) is 11.3 Å². The van der Waals surface area contributed by atoms with Crippen molar-refractivity contribution < 1.29 is 14.3 Å². The topological polar surface area (TPSA) is 81.1 Å². The number of fused-ring (bicyclic) bond motifs is 1. The molecule has 7 heteroatoms. The van der Waals surface area contributed by atoms with E-state index in [4.69, 9.17) is 21.1 Å². The van der Waals surface area contributed by atoms with Gasteiger partial charge in [0.2, 0.25) is 5.82 Å². The molecular formula is C11H10ClN3O3. The van der Waals surface area contributed by atoms with Crippen LogP contribution in [0.25, 0.3) is 11.6 Å². The maximum Gasteiger partial charge on any atom is 0.314 e. The Morgan fingerprint density at radius 2 is 2.39 bits per heavy atom. The second-order valence-electron chi connectivity index (χ2n) is 4.15. The molecule has 0 amide bonds. The zero-order valence-electron chi connectivity index (χ0n) is 9.34. The summed E-state index contributed by atoms with van der Waals surface area (Å²) in [6, 6.07) is 3.27. The number of carboxylic acid groups (broad SMARTS) is 1. The molecule has 0 spiro atoms. The molecule has 3 heterocycles. The van der Waals surface area contributed by atoms with Gasteiger partial charge in [0, 0.05) is 6.54 Å². The van der Waals surface area contributed by atoms with E-state index in [-0.39, 0.29) is 5.22 Å². The van der Waals surface area contributed by atoms with Crippen LogP contribution in [0, 0.1) is 0 Å². The van der Waals surface area contributed by atoms with Crippen molar-refractivity contribution in [3.05, 3.63) is 23.2 Å². The fourth-order valence-corrected chi connectivity index (χ4v) is 2.27. The summed E-state index contributed by atoms with van der Waals surface area (Å²) in [6.07, 6.45) is 1.37. The second-order valence-corrected chi connectivity index (χ2v) is 4.53. The Morgan fingerprint density at radius 3 is 3.06 bits per heavy atom. The highest BCUT2D eigenvalue weighted by molar-refractivity contribution is 6.28. The number of hydrogen-bond donors (Lipinski definition) is 1. The molecule has 18 heavy (non-hydrogen) atoms. The minimum Gasteiger partial charge on any atom is -0.481 e. The fourth-order valence-electron chi connectivity index (χ4n) is 2.12. The molecule has 1 N–H and O–H groups in total. The van der Waals surface area contributed by atoms with Crippen LogP contribution >= 0.6 is 11.6 Å². The number of furan rings is 1. The number of aromatic nitrogens is 3. The second kappa shape index (κ2) is 4.13. The van der Waals surface area contributed by atoms with Crippen molar-refractivity contribution in [1.82, 2.24) is 14.8 Å². The van der Waals surface area contributed by atoms with Crippen molar-refractivity contribution in [1.29, 1.82) is 0 Å². The predicted molar refractivity (Wildman–Crippen MR) is 62.3 cm³/mol. The van der Waals surface area contributed by atoms with Crippen molar-refractivity contribution >= 4 is 17.6 Å². The first-order valence-corrected chi connectivity index (χ1v) is 5.96. The molecule has 3 rings (SSSR count). The summed E-state index contributed by atoms with van der Waals surface area (Å²) in [4.78, 5) is 15.4. The highest BCUT2D eigenvalue weighted by Gasteiger charge is 2.30. The molecule has 1 aliphatic rings. The molecule has 1 atom stereocenters. The van der Waals surface area contributed by atoms with Crippen molar-refractivity contribution in [2.24, 2.45) is 0 Å². The van der Waals surface area contributed by atoms with Gasteiger partial charge in [-0.1, -0.05) is 0 Å². The van der Waals surface area contributed by atoms with Crippen LogP contribution in [0.3, 0.4) is 0 Å². The largest absolute Gasteiger partial charge is 0.481 e. The van der Waals surface area contributed by atoms with Gasteiger partial charge in [0.25, 0.3) is 0 Å². The Hall–Kier alpha value is -1.82. The number of rotatable bonds is 2. The van der Waals surface area contributed by atoms with Crippen LogP contribution < -0.4 is 0 Å². The molecule has 0 saturated carbocycles. The van der Waals surface area contributed by atoms with Gasteiger partial charge in [0.05, 0.1) is 0 Å². The summed E-state index contributed by atoms with van der Waals surface area (Å²) in [5, 5.41) is 13.7. The zero-order chi connectivity index (χ0) is 12.7. The number of hydrogen-bond acceptors (Lipinski definition) is 4.